The Balaban J connectivity index is 1.65. The highest BCUT2D eigenvalue weighted by atomic mass is 32.2. The van der Waals surface area contributed by atoms with Crippen LogP contribution in [0.1, 0.15) is 12.0 Å². The molecule has 0 aliphatic carbocycles. The number of aryl methyl sites for hydroxylation is 1. The third-order valence-corrected chi connectivity index (χ3v) is 4.81. The highest BCUT2D eigenvalue weighted by Crippen LogP contribution is 2.19. The summed E-state index contributed by atoms with van der Waals surface area (Å²) in [6.45, 7) is 0.771. The maximum atomic E-state index is 6.20. The van der Waals surface area contributed by atoms with Gasteiger partial charge in [0.2, 0.25) is 0 Å². The molecule has 0 spiro atoms. The van der Waals surface area contributed by atoms with Crippen LogP contribution >= 0.6 is 11.8 Å². The van der Waals surface area contributed by atoms with E-state index < -0.39 is 0 Å². The molecule has 2 N–H and O–H groups in total. The third kappa shape index (κ3) is 5.29. The first-order valence-electron chi connectivity index (χ1n) is 8.34. The molecule has 5 heteroatoms. The summed E-state index contributed by atoms with van der Waals surface area (Å²) >= 11 is 1.76. The number of rotatable bonds is 8. The number of anilines is 1. The van der Waals surface area contributed by atoms with Gasteiger partial charge in [0.05, 0.1) is 12.9 Å². The Bertz CT molecular complexity index is 755. The van der Waals surface area contributed by atoms with Gasteiger partial charge in [0, 0.05) is 23.0 Å². The zero-order chi connectivity index (χ0) is 17.5. The summed E-state index contributed by atoms with van der Waals surface area (Å²) in [6, 6.07) is 16.3. The van der Waals surface area contributed by atoms with Crippen molar-refractivity contribution in [1.82, 2.24) is 9.55 Å². The van der Waals surface area contributed by atoms with Crippen LogP contribution in [0.25, 0.3) is 0 Å². The quantitative estimate of drug-likeness (QED) is 0.485. The summed E-state index contributed by atoms with van der Waals surface area (Å²) in [5, 5.41) is 0. The monoisotopic (exact) mass is 353 g/mol. The fraction of sp³-hybridized carbons (Fsp3) is 0.250. The zero-order valence-electron chi connectivity index (χ0n) is 14.3. The minimum atomic E-state index is 0.0676. The molecule has 1 atom stereocenters. The third-order valence-electron chi connectivity index (χ3n) is 4.07. The van der Waals surface area contributed by atoms with Gasteiger partial charge in [-0.25, -0.2) is 4.98 Å². The van der Waals surface area contributed by atoms with E-state index in [1.807, 2.05) is 36.8 Å². The maximum absolute atomic E-state index is 6.20. The SMILES string of the molecule is CSc1ccc(CCC(Cn2ccnc2)Oc2ccc(N)cc2)cc1. The molecule has 3 rings (SSSR count). The van der Waals surface area contributed by atoms with Gasteiger partial charge in [-0.3, -0.25) is 0 Å². The van der Waals surface area contributed by atoms with Gasteiger partial charge in [0.1, 0.15) is 11.9 Å². The summed E-state index contributed by atoms with van der Waals surface area (Å²) < 4.78 is 8.26. The van der Waals surface area contributed by atoms with Gasteiger partial charge in [0.25, 0.3) is 0 Å². The van der Waals surface area contributed by atoms with Crippen molar-refractivity contribution >= 4 is 17.4 Å². The van der Waals surface area contributed by atoms with E-state index in [2.05, 4.69) is 40.1 Å². The molecule has 0 aliphatic rings. The summed E-state index contributed by atoms with van der Waals surface area (Å²) in [5.41, 5.74) is 7.83. The number of hydrogen-bond acceptors (Lipinski definition) is 4. The van der Waals surface area contributed by atoms with Gasteiger partial charge in [-0.05, 0) is 61.1 Å². The Labute approximate surface area is 153 Å². The molecular weight excluding hydrogens is 330 g/mol. The van der Waals surface area contributed by atoms with E-state index >= 15 is 0 Å². The molecule has 0 radical (unpaired) electrons. The molecule has 130 valence electrons. The highest BCUT2D eigenvalue weighted by Gasteiger charge is 2.12. The number of ether oxygens (including phenoxy) is 1. The molecule has 0 aliphatic heterocycles. The average Bonchev–Trinajstić information content (AvgIpc) is 3.15. The van der Waals surface area contributed by atoms with Crippen molar-refractivity contribution in [1.29, 1.82) is 0 Å². The van der Waals surface area contributed by atoms with Gasteiger partial charge in [-0.15, -0.1) is 11.8 Å². The fourth-order valence-electron chi connectivity index (χ4n) is 2.68. The standard InChI is InChI=1S/C20H23N3OS/c1-25-20-10-3-16(4-11-20)2-7-19(14-23-13-12-22-15-23)24-18-8-5-17(21)6-9-18/h3-6,8-13,15,19H,2,7,14,21H2,1H3. The molecule has 0 fully saturated rings. The number of nitrogens with zero attached hydrogens (tertiary/aromatic N) is 2. The van der Waals surface area contributed by atoms with Crippen molar-refractivity contribution in [3.8, 4) is 5.75 Å². The summed E-state index contributed by atoms with van der Waals surface area (Å²) in [6.07, 6.45) is 9.65. The fourth-order valence-corrected chi connectivity index (χ4v) is 3.08. The van der Waals surface area contributed by atoms with Crippen LogP contribution in [0, 0.1) is 0 Å². The van der Waals surface area contributed by atoms with Crippen molar-refractivity contribution in [3.63, 3.8) is 0 Å². The first-order valence-corrected chi connectivity index (χ1v) is 9.56. The Kier molecular flexibility index (Phi) is 6.01. The molecule has 0 saturated carbocycles. The Morgan fingerprint density at radius 3 is 2.52 bits per heavy atom. The lowest BCUT2D eigenvalue weighted by Gasteiger charge is -2.20. The van der Waals surface area contributed by atoms with Crippen molar-refractivity contribution < 1.29 is 4.74 Å². The normalized spacial score (nSPS) is 12.0. The van der Waals surface area contributed by atoms with Crippen LogP contribution in [0.5, 0.6) is 5.75 Å². The predicted octanol–water partition coefficient (Wildman–Crippen LogP) is 4.27. The van der Waals surface area contributed by atoms with Crippen LogP contribution in [0.4, 0.5) is 5.69 Å². The highest BCUT2D eigenvalue weighted by molar-refractivity contribution is 7.98. The smallest absolute Gasteiger partial charge is 0.119 e. The number of nitrogens with two attached hydrogens (primary N) is 1. The van der Waals surface area contributed by atoms with E-state index in [1.54, 1.807) is 18.0 Å². The van der Waals surface area contributed by atoms with Crippen LogP contribution in [0.3, 0.4) is 0 Å². The topological polar surface area (TPSA) is 53.1 Å². The average molecular weight is 353 g/mol. The van der Waals surface area contributed by atoms with Gasteiger partial charge in [-0.1, -0.05) is 12.1 Å². The zero-order valence-corrected chi connectivity index (χ0v) is 15.2. The van der Waals surface area contributed by atoms with Crippen LogP contribution in [-0.2, 0) is 13.0 Å². The number of hydrogen-bond donors (Lipinski definition) is 1. The van der Waals surface area contributed by atoms with Crippen LogP contribution in [0.2, 0.25) is 0 Å². The minimum Gasteiger partial charge on any atom is -0.489 e. The van der Waals surface area contributed by atoms with E-state index in [9.17, 15) is 0 Å². The molecule has 0 amide bonds. The maximum Gasteiger partial charge on any atom is 0.119 e. The number of thioether (sulfide) groups is 1. The molecule has 1 heterocycles. The van der Waals surface area contributed by atoms with Gasteiger partial charge < -0.3 is 15.0 Å². The molecule has 2 aromatic carbocycles. The molecular formula is C20H23N3OS. The number of aromatic nitrogens is 2. The van der Waals surface area contributed by atoms with Crippen molar-refractivity contribution in [2.45, 2.75) is 30.4 Å². The molecule has 0 saturated heterocycles. The van der Waals surface area contributed by atoms with E-state index in [-0.39, 0.29) is 6.10 Å². The molecule has 1 unspecified atom stereocenters. The lowest BCUT2D eigenvalue weighted by Crippen LogP contribution is -2.23. The number of imidazole rings is 1. The Morgan fingerprint density at radius 2 is 1.88 bits per heavy atom. The van der Waals surface area contributed by atoms with Gasteiger partial charge in [-0.2, -0.15) is 0 Å². The number of nitrogen functional groups attached to an aromatic ring is 1. The van der Waals surface area contributed by atoms with Crippen LogP contribution < -0.4 is 10.5 Å². The molecule has 3 aromatic rings. The van der Waals surface area contributed by atoms with E-state index in [1.165, 1.54) is 10.5 Å². The van der Waals surface area contributed by atoms with Crippen LogP contribution in [-0.4, -0.2) is 21.9 Å². The predicted molar refractivity (Wildman–Crippen MR) is 104 cm³/mol. The molecule has 0 bridgehead atoms. The van der Waals surface area contributed by atoms with Gasteiger partial charge in [0.15, 0.2) is 0 Å². The Hall–Kier alpha value is -2.40. The van der Waals surface area contributed by atoms with Gasteiger partial charge >= 0.3 is 0 Å². The summed E-state index contributed by atoms with van der Waals surface area (Å²) in [5.74, 6) is 0.844. The first-order chi connectivity index (χ1) is 12.2. The molecule has 25 heavy (non-hydrogen) atoms. The first kappa shape index (κ1) is 17.4. The molecule has 4 nitrogen and oxygen atoms in total. The second-order valence-electron chi connectivity index (χ2n) is 5.96. The second-order valence-corrected chi connectivity index (χ2v) is 6.83. The molecule has 1 aromatic heterocycles. The van der Waals surface area contributed by atoms with E-state index in [0.29, 0.717) is 0 Å². The number of benzene rings is 2. The van der Waals surface area contributed by atoms with E-state index in [4.69, 9.17) is 10.5 Å². The van der Waals surface area contributed by atoms with Crippen molar-refractivity contribution in [2.75, 3.05) is 12.0 Å². The second kappa shape index (κ2) is 8.62. The largest absolute Gasteiger partial charge is 0.489 e. The van der Waals surface area contributed by atoms with Crippen molar-refractivity contribution in [3.05, 3.63) is 72.8 Å². The lowest BCUT2D eigenvalue weighted by atomic mass is 10.1. The van der Waals surface area contributed by atoms with E-state index in [0.717, 1.165) is 30.8 Å². The minimum absolute atomic E-state index is 0.0676. The summed E-state index contributed by atoms with van der Waals surface area (Å²) in [4.78, 5) is 5.41. The van der Waals surface area contributed by atoms with Crippen molar-refractivity contribution in [2.24, 2.45) is 0 Å². The Morgan fingerprint density at radius 1 is 1.12 bits per heavy atom. The lowest BCUT2D eigenvalue weighted by molar-refractivity contribution is 0.170. The van der Waals surface area contributed by atoms with Crippen LogP contribution in [0.15, 0.2) is 72.1 Å². The summed E-state index contributed by atoms with van der Waals surface area (Å²) in [7, 11) is 0.